The zero-order valence-electron chi connectivity index (χ0n) is 11.1. The Labute approximate surface area is 114 Å². The molecule has 2 nitrogen and oxygen atoms in total. The van der Waals surface area contributed by atoms with Crippen molar-refractivity contribution in [1.82, 2.24) is 0 Å². The monoisotopic (exact) mass is 254 g/mol. The first-order chi connectivity index (χ1) is 9.33. The highest BCUT2D eigenvalue weighted by molar-refractivity contribution is 5.31. The van der Waals surface area contributed by atoms with Gasteiger partial charge in [-0.1, -0.05) is 60.2 Å². The Balaban J connectivity index is 1.84. The highest BCUT2D eigenvalue weighted by Crippen LogP contribution is 2.27. The molecule has 1 saturated heterocycles. The second kappa shape index (κ2) is 5.55. The number of aryl methyl sites for hydroxylation is 1. The van der Waals surface area contributed by atoms with Crippen LogP contribution in [0.2, 0.25) is 0 Å². The summed E-state index contributed by atoms with van der Waals surface area (Å²) in [7, 11) is 0. The lowest BCUT2D eigenvalue weighted by atomic mass is 10.0. The first kappa shape index (κ1) is 12.4. The van der Waals surface area contributed by atoms with Crippen LogP contribution in [0.3, 0.4) is 0 Å². The predicted octanol–water partition coefficient (Wildman–Crippen LogP) is 3.50. The first-order valence-corrected chi connectivity index (χ1v) is 6.67. The van der Waals surface area contributed by atoms with Gasteiger partial charge >= 0.3 is 0 Å². The SMILES string of the molecule is Cc1ccc([C@H](OC[C@H]2CO2)c2ccccc2)cc1. The van der Waals surface area contributed by atoms with E-state index >= 15 is 0 Å². The summed E-state index contributed by atoms with van der Waals surface area (Å²) in [5, 5.41) is 0. The van der Waals surface area contributed by atoms with Gasteiger partial charge in [0.15, 0.2) is 0 Å². The molecule has 0 radical (unpaired) electrons. The van der Waals surface area contributed by atoms with Crippen molar-refractivity contribution >= 4 is 0 Å². The lowest BCUT2D eigenvalue weighted by Gasteiger charge is -2.18. The molecule has 0 spiro atoms. The molecule has 0 saturated carbocycles. The van der Waals surface area contributed by atoms with E-state index in [1.165, 1.54) is 16.7 Å². The second-order valence-electron chi connectivity index (χ2n) is 4.99. The van der Waals surface area contributed by atoms with E-state index in [-0.39, 0.29) is 12.2 Å². The van der Waals surface area contributed by atoms with Crippen LogP contribution in [0.5, 0.6) is 0 Å². The van der Waals surface area contributed by atoms with E-state index in [2.05, 4.69) is 43.3 Å². The predicted molar refractivity (Wildman–Crippen MR) is 75.2 cm³/mol. The van der Waals surface area contributed by atoms with Crippen molar-refractivity contribution in [3.8, 4) is 0 Å². The van der Waals surface area contributed by atoms with Crippen LogP contribution in [-0.4, -0.2) is 19.3 Å². The second-order valence-corrected chi connectivity index (χ2v) is 4.99. The molecular weight excluding hydrogens is 236 g/mol. The van der Waals surface area contributed by atoms with Gasteiger partial charge in [0.25, 0.3) is 0 Å². The van der Waals surface area contributed by atoms with E-state index in [1.54, 1.807) is 0 Å². The van der Waals surface area contributed by atoms with E-state index in [0.29, 0.717) is 6.61 Å². The van der Waals surface area contributed by atoms with Gasteiger partial charge in [0.05, 0.1) is 13.2 Å². The molecule has 0 aromatic heterocycles. The molecule has 0 amide bonds. The molecule has 1 aliphatic heterocycles. The van der Waals surface area contributed by atoms with Crippen LogP contribution in [-0.2, 0) is 9.47 Å². The number of rotatable bonds is 5. The first-order valence-electron chi connectivity index (χ1n) is 6.67. The Morgan fingerprint density at radius 1 is 1.05 bits per heavy atom. The van der Waals surface area contributed by atoms with Crippen molar-refractivity contribution in [2.45, 2.75) is 19.1 Å². The van der Waals surface area contributed by atoms with Crippen molar-refractivity contribution in [2.75, 3.05) is 13.2 Å². The Hall–Kier alpha value is -1.64. The fourth-order valence-electron chi connectivity index (χ4n) is 2.12. The maximum absolute atomic E-state index is 6.05. The van der Waals surface area contributed by atoms with Crippen molar-refractivity contribution in [3.05, 3.63) is 71.3 Å². The summed E-state index contributed by atoms with van der Waals surface area (Å²) in [4.78, 5) is 0. The quantitative estimate of drug-likeness (QED) is 0.762. The molecule has 2 atom stereocenters. The molecule has 1 fully saturated rings. The lowest BCUT2D eigenvalue weighted by molar-refractivity contribution is 0.0672. The van der Waals surface area contributed by atoms with E-state index < -0.39 is 0 Å². The number of benzene rings is 2. The number of epoxide rings is 1. The smallest absolute Gasteiger partial charge is 0.108 e. The van der Waals surface area contributed by atoms with E-state index in [9.17, 15) is 0 Å². The fraction of sp³-hybridized carbons (Fsp3) is 0.294. The van der Waals surface area contributed by atoms with Crippen LogP contribution in [0.4, 0.5) is 0 Å². The summed E-state index contributed by atoms with van der Waals surface area (Å²) in [6.45, 7) is 3.59. The maximum Gasteiger partial charge on any atom is 0.108 e. The summed E-state index contributed by atoms with van der Waals surface area (Å²) in [5.41, 5.74) is 3.64. The highest BCUT2D eigenvalue weighted by atomic mass is 16.6. The summed E-state index contributed by atoms with van der Waals surface area (Å²) in [6, 6.07) is 18.9. The van der Waals surface area contributed by atoms with Gasteiger partial charge in [-0.05, 0) is 18.1 Å². The van der Waals surface area contributed by atoms with E-state index in [1.807, 2.05) is 18.2 Å². The van der Waals surface area contributed by atoms with Gasteiger partial charge in [0.1, 0.15) is 12.2 Å². The van der Waals surface area contributed by atoms with Crippen molar-refractivity contribution in [3.63, 3.8) is 0 Å². The third-order valence-electron chi connectivity index (χ3n) is 3.33. The number of hydrogen-bond acceptors (Lipinski definition) is 2. The third-order valence-corrected chi connectivity index (χ3v) is 3.33. The van der Waals surface area contributed by atoms with Crippen LogP contribution < -0.4 is 0 Å². The molecule has 0 aliphatic carbocycles. The Kier molecular flexibility index (Phi) is 3.62. The minimum atomic E-state index is -0.00833. The number of ether oxygens (including phenoxy) is 2. The molecule has 19 heavy (non-hydrogen) atoms. The fourth-order valence-corrected chi connectivity index (χ4v) is 2.12. The van der Waals surface area contributed by atoms with Crippen molar-refractivity contribution in [2.24, 2.45) is 0 Å². The lowest BCUT2D eigenvalue weighted by Crippen LogP contribution is -2.10. The maximum atomic E-state index is 6.05. The normalized spacial score (nSPS) is 19.1. The molecular formula is C17H18O2. The minimum absolute atomic E-state index is 0.00833. The van der Waals surface area contributed by atoms with Gasteiger partial charge in [0.2, 0.25) is 0 Å². The minimum Gasteiger partial charge on any atom is -0.371 e. The molecule has 0 N–H and O–H groups in total. The topological polar surface area (TPSA) is 21.8 Å². The van der Waals surface area contributed by atoms with Gasteiger partial charge in [-0.25, -0.2) is 0 Å². The standard InChI is InChI=1S/C17H18O2/c1-13-7-9-15(10-8-13)17(19-12-16-11-18-16)14-5-3-2-4-6-14/h2-10,16-17H,11-12H2,1H3/t16-,17-/m1/s1. The molecule has 3 rings (SSSR count). The Bertz CT molecular complexity index is 515. The van der Waals surface area contributed by atoms with E-state index in [0.717, 1.165) is 6.61 Å². The summed E-state index contributed by atoms with van der Waals surface area (Å²) in [5.74, 6) is 0. The van der Waals surface area contributed by atoms with Crippen LogP contribution in [0, 0.1) is 6.92 Å². The average molecular weight is 254 g/mol. The molecule has 2 aromatic carbocycles. The van der Waals surface area contributed by atoms with Crippen LogP contribution in [0.15, 0.2) is 54.6 Å². The zero-order valence-corrected chi connectivity index (χ0v) is 11.1. The molecule has 0 unspecified atom stereocenters. The highest BCUT2D eigenvalue weighted by Gasteiger charge is 2.25. The molecule has 0 bridgehead atoms. The molecule has 1 heterocycles. The molecule has 2 heteroatoms. The van der Waals surface area contributed by atoms with Crippen molar-refractivity contribution < 1.29 is 9.47 Å². The Morgan fingerprint density at radius 2 is 1.68 bits per heavy atom. The van der Waals surface area contributed by atoms with Gasteiger partial charge in [-0.2, -0.15) is 0 Å². The third kappa shape index (κ3) is 3.22. The zero-order chi connectivity index (χ0) is 13.1. The van der Waals surface area contributed by atoms with Gasteiger partial charge < -0.3 is 9.47 Å². The van der Waals surface area contributed by atoms with Crippen molar-refractivity contribution in [1.29, 1.82) is 0 Å². The van der Waals surface area contributed by atoms with Crippen LogP contribution in [0.25, 0.3) is 0 Å². The molecule has 98 valence electrons. The van der Waals surface area contributed by atoms with Crippen LogP contribution >= 0.6 is 0 Å². The number of hydrogen-bond donors (Lipinski definition) is 0. The van der Waals surface area contributed by atoms with Gasteiger partial charge in [0, 0.05) is 0 Å². The summed E-state index contributed by atoms with van der Waals surface area (Å²) >= 11 is 0. The molecule has 2 aromatic rings. The Morgan fingerprint density at radius 3 is 2.32 bits per heavy atom. The van der Waals surface area contributed by atoms with Gasteiger partial charge in [-0.3, -0.25) is 0 Å². The summed E-state index contributed by atoms with van der Waals surface area (Å²) < 4.78 is 11.3. The van der Waals surface area contributed by atoms with Gasteiger partial charge in [-0.15, -0.1) is 0 Å². The molecule has 1 aliphatic rings. The summed E-state index contributed by atoms with van der Waals surface area (Å²) in [6.07, 6.45) is 0.280. The van der Waals surface area contributed by atoms with Crippen LogP contribution in [0.1, 0.15) is 22.8 Å². The average Bonchev–Trinajstić information content (AvgIpc) is 3.26. The van der Waals surface area contributed by atoms with E-state index in [4.69, 9.17) is 9.47 Å². The largest absolute Gasteiger partial charge is 0.371 e.